The normalized spacial score (nSPS) is 20.2. The first kappa shape index (κ1) is 16.0. The number of halogens is 1. The lowest BCUT2D eigenvalue weighted by Crippen LogP contribution is -2.40. The monoisotopic (exact) mass is 328 g/mol. The average molecular weight is 328 g/mol. The number of amides is 3. The fourth-order valence-corrected chi connectivity index (χ4v) is 2.73. The van der Waals surface area contributed by atoms with Crippen LogP contribution in [0.3, 0.4) is 0 Å². The van der Waals surface area contributed by atoms with Gasteiger partial charge >= 0.3 is 6.03 Å². The first-order chi connectivity index (χ1) is 11.4. The van der Waals surface area contributed by atoms with E-state index in [1.54, 1.807) is 50.4 Å². The zero-order valence-corrected chi connectivity index (χ0v) is 13.4. The van der Waals surface area contributed by atoms with Gasteiger partial charge in [0.05, 0.1) is 13.7 Å². The molecular formula is C18H17FN2O3. The summed E-state index contributed by atoms with van der Waals surface area (Å²) in [6, 6.07) is 12.2. The Morgan fingerprint density at radius 2 is 1.71 bits per heavy atom. The molecule has 0 aliphatic carbocycles. The fraction of sp³-hybridized carbons (Fsp3) is 0.222. The van der Waals surface area contributed by atoms with E-state index in [0.717, 1.165) is 4.90 Å². The maximum atomic E-state index is 13.0. The summed E-state index contributed by atoms with van der Waals surface area (Å²) in [5.41, 5.74) is 0.214. The number of nitrogens with one attached hydrogen (secondary N) is 1. The first-order valence-electron chi connectivity index (χ1n) is 7.47. The number of ether oxygens (including phenoxy) is 1. The van der Waals surface area contributed by atoms with Gasteiger partial charge in [0.25, 0.3) is 5.91 Å². The van der Waals surface area contributed by atoms with Crippen molar-refractivity contribution in [3.63, 3.8) is 0 Å². The molecule has 3 rings (SSSR count). The smallest absolute Gasteiger partial charge is 0.325 e. The molecule has 5 nitrogen and oxygen atoms in total. The Hall–Kier alpha value is -2.89. The second-order valence-electron chi connectivity index (χ2n) is 5.80. The molecule has 6 heteroatoms. The molecule has 0 aromatic heterocycles. The van der Waals surface area contributed by atoms with Crippen molar-refractivity contribution in [1.82, 2.24) is 10.2 Å². The number of carbonyl (C=O) groups is 2. The highest BCUT2D eigenvalue weighted by Gasteiger charge is 2.48. The quantitative estimate of drug-likeness (QED) is 0.878. The highest BCUT2D eigenvalue weighted by molar-refractivity contribution is 6.07. The van der Waals surface area contributed by atoms with Crippen LogP contribution in [-0.4, -0.2) is 23.9 Å². The van der Waals surface area contributed by atoms with Crippen LogP contribution in [-0.2, 0) is 16.9 Å². The predicted molar refractivity (Wildman–Crippen MR) is 85.8 cm³/mol. The summed E-state index contributed by atoms with van der Waals surface area (Å²) in [7, 11) is 1.56. The fourth-order valence-electron chi connectivity index (χ4n) is 2.73. The summed E-state index contributed by atoms with van der Waals surface area (Å²) < 4.78 is 18.1. The Kier molecular flexibility index (Phi) is 3.97. The molecule has 1 atom stereocenters. The Bertz CT molecular complexity index is 774. The lowest BCUT2D eigenvalue weighted by atomic mass is 9.92. The van der Waals surface area contributed by atoms with Gasteiger partial charge in [-0.2, -0.15) is 0 Å². The highest BCUT2D eigenvalue weighted by Crippen LogP contribution is 2.30. The molecule has 24 heavy (non-hydrogen) atoms. The van der Waals surface area contributed by atoms with Crippen molar-refractivity contribution < 1.29 is 18.7 Å². The van der Waals surface area contributed by atoms with Crippen LogP contribution in [0.4, 0.5) is 9.18 Å². The minimum absolute atomic E-state index is 0.0939. The Morgan fingerprint density at radius 3 is 2.29 bits per heavy atom. The topological polar surface area (TPSA) is 58.6 Å². The molecule has 0 saturated carbocycles. The molecule has 1 aliphatic rings. The second-order valence-corrected chi connectivity index (χ2v) is 5.80. The summed E-state index contributed by atoms with van der Waals surface area (Å²) in [6.07, 6.45) is 0. The van der Waals surface area contributed by atoms with Crippen molar-refractivity contribution in [2.75, 3.05) is 7.11 Å². The standard InChI is InChI=1S/C18H17FN2O3/c1-18(13-5-9-15(24-2)10-6-13)16(22)21(17(23)20-18)11-12-3-7-14(19)8-4-12/h3-10H,11H2,1-2H3,(H,20,23)/t18-/m1/s1. The number of benzene rings is 2. The molecule has 0 bridgehead atoms. The SMILES string of the molecule is COc1ccc([C@@]2(C)NC(=O)N(Cc3ccc(F)cc3)C2=O)cc1. The van der Waals surface area contributed by atoms with Gasteiger partial charge in [-0.25, -0.2) is 9.18 Å². The molecule has 124 valence electrons. The molecule has 1 aliphatic heterocycles. The second kappa shape index (κ2) is 5.96. The van der Waals surface area contributed by atoms with Crippen LogP contribution in [0.5, 0.6) is 5.75 Å². The number of rotatable bonds is 4. The van der Waals surface area contributed by atoms with Crippen LogP contribution >= 0.6 is 0 Å². The number of hydrogen-bond donors (Lipinski definition) is 1. The van der Waals surface area contributed by atoms with Gasteiger partial charge in [-0.3, -0.25) is 9.69 Å². The third kappa shape index (κ3) is 2.71. The van der Waals surface area contributed by atoms with Crippen molar-refractivity contribution in [3.8, 4) is 5.75 Å². The van der Waals surface area contributed by atoms with Crippen LogP contribution in [0.2, 0.25) is 0 Å². The molecule has 0 spiro atoms. The molecule has 1 heterocycles. The number of hydrogen-bond acceptors (Lipinski definition) is 3. The van der Waals surface area contributed by atoms with Crippen LogP contribution in [0.15, 0.2) is 48.5 Å². The minimum atomic E-state index is -1.14. The van der Waals surface area contributed by atoms with E-state index >= 15 is 0 Å². The van der Waals surface area contributed by atoms with Gasteiger partial charge in [0.1, 0.15) is 17.1 Å². The van der Waals surface area contributed by atoms with Crippen molar-refractivity contribution in [2.24, 2.45) is 0 Å². The number of methoxy groups -OCH3 is 1. The number of imide groups is 1. The molecule has 2 aromatic carbocycles. The summed E-state index contributed by atoms with van der Waals surface area (Å²) in [6.45, 7) is 1.76. The van der Waals surface area contributed by atoms with E-state index in [0.29, 0.717) is 16.9 Å². The van der Waals surface area contributed by atoms with Gasteiger partial charge in [-0.1, -0.05) is 24.3 Å². The third-order valence-corrected chi connectivity index (χ3v) is 4.20. The Balaban J connectivity index is 1.85. The van der Waals surface area contributed by atoms with E-state index in [9.17, 15) is 14.0 Å². The largest absolute Gasteiger partial charge is 0.497 e. The van der Waals surface area contributed by atoms with E-state index < -0.39 is 11.6 Å². The van der Waals surface area contributed by atoms with Gasteiger partial charge in [0.15, 0.2) is 0 Å². The Labute approximate surface area is 139 Å². The number of urea groups is 1. The molecular weight excluding hydrogens is 311 g/mol. The summed E-state index contributed by atoms with van der Waals surface area (Å²) in [5.74, 6) is -0.0386. The van der Waals surface area contributed by atoms with E-state index in [-0.39, 0.29) is 18.3 Å². The van der Waals surface area contributed by atoms with Gasteiger partial charge < -0.3 is 10.1 Å². The van der Waals surface area contributed by atoms with Crippen molar-refractivity contribution in [1.29, 1.82) is 0 Å². The lowest BCUT2D eigenvalue weighted by molar-refractivity contribution is -0.131. The van der Waals surface area contributed by atoms with Gasteiger partial charge in [0, 0.05) is 0 Å². The van der Waals surface area contributed by atoms with E-state index in [2.05, 4.69) is 5.32 Å². The zero-order valence-electron chi connectivity index (χ0n) is 13.4. The molecule has 1 fully saturated rings. The minimum Gasteiger partial charge on any atom is -0.497 e. The average Bonchev–Trinajstić information content (AvgIpc) is 2.81. The molecule has 2 aromatic rings. The number of carbonyl (C=O) groups excluding carboxylic acids is 2. The van der Waals surface area contributed by atoms with Crippen LogP contribution in [0.1, 0.15) is 18.1 Å². The van der Waals surface area contributed by atoms with Crippen LogP contribution in [0, 0.1) is 5.82 Å². The van der Waals surface area contributed by atoms with Crippen LogP contribution < -0.4 is 10.1 Å². The predicted octanol–water partition coefficient (Wildman–Crippen LogP) is 2.80. The lowest BCUT2D eigenvalue weighted by Gasteiger charge is -2.22. The van der Waals surface area contributed by atoms with E-state index in [1.165, 1.54) is 12.1 Å². The zero-order chi connectivity index (χ0) is 17.3. The molecule has 1 saturated heterocycles. The van der Waals surface area contributed by atoms with E-state index in [4.69, 9.17) is 4.74 Å². The molecule has 3 amide bonds. The third-order valence-electron chi connectivity index (χ3n) is 4.20. The van der Waals surface area contributed by atoms with Crippen molar-refractivity contribution >= 4 is 11.9 Å². The maximum absolute atomic E-state index is 13.0. The molecule has 1 N–H and O–H groups in total. The van der Waals surface area contributed by atoms with Gasteiger partial charge in [-0.15, -0.1) is 0 Å². The first-order valence-corrected chi connectivity index (χ1v) is 7.47. The molecule has 0 unspecified atom stereocenters. The summed E-state index contributed by atoms with van der Waals surface area (Å²) in [5, 5.41) is 2.74. The van der Waals surface area contributed by atoms with Crippen molar-refractivity contribution in [3.05, 3.63) is 65.5 Å². The molecule has 0 radical (unpaired) electrons. The van der Waals surface area contributed by atoms with Gasteiger partial charge in [-0.05, 0) is 42.3 Å². The van der Waals surface area contributed by atoms with Crippen molar-refractivity contribution in [2.45, 2.75) is 19.0 Å². The number of nitrogens with zero attached hydrogens (tertiary/aromatic N) is 1. The summed E-state index contributed by atoms with van der Waals surface area (Å²) in [4.78, 5) is 26.2. The van der Waals surface area contributed by atoms with E-state index in [1.807, 2.05) is 0 Å². The summed E-state index contributed by atoms with van der Waals surface area (Å²) >= 11 is 0. The van der Waals surface area contributed by atoms with Gasteiger partial charge in [0.2, 0.25) is 0 Å². The highest BCUT2D eigenvalue weighted by atomic mass is 19.1. The maximum Gasteiger partial charge on any atom is 0.325 e. The van der Waals surface area contributed by atoms with Crippen LogP contribution in [0.25, 0.3) is 0 Å². The Morgan fingerprint density at radius 1 is 1.08 bits per heavy atom.